The van der Waals surface area contributed by atoms with E-state index in [-0.39, 0.29) is 0 Å². The van der Waals surface area contributed by atoms with Gasteiger partial charge in [0.15, 0.2) is 11.9 Å². The quantitative estimate of drug-likeness (QED) is 0.601. The molecule has 0 aliphatic carbocycles. The van der Waals surface area contributed by atoms with Crippen molar-refractivity contribution in [3.05, 3.63) is 33.1 Å². The van der Waals surface area contributed by atoms with Crippen LogP contribution >= 0.6 is 0 Å². The minimum atomic E-state index is -2.25. The Bertz CT molecular complexity index is 552. The summed E-state index contributed by atoms with van der Waals surface area (Å²) in [5.74, 6) is 0. The molecule has 8 heteroatoms. The van der Waals surface area contributed by atoms with E-state index < -0.39 is 42.0 Å². The van der Waals surface area contributed by atoms with Crippen LogP contribution < -0.4 is 11.2 Å². The van der Waals surface area contributed by atoms with Crippen LogP contribution in [-0.2, 0) is 4.74 Å². The number of aromatic nitrogens is 2. The lowest BCUT2D eigenvalue weighted by Crippen LogP contribution is -2.43. The van der Waals surface area contributed by atoms with E-state index in [0.717, 1.165) is 23.8 Å². The van der Waals surface area contributed by atoms with Gasteiger partial charge in [0.2, 0.25) is 0 Å². The average molecular weight is 260 g/mol. The van der Waals surface area contributed by atoms with E-state index in [1.807, 2.05) is 4.98 Å². The van der Waals surface area contributed by atoms with Gasteiger partial charge in [-0.2, -0.15) is 0 Å². The molecular weight excluding hydrogens is 247 g/mol. The molecule has 0 spiro atoms. The van der Waals surface area contributed by atoms with E-state index in [2.05, 4.69) is 0 Å². The predicted molar refractivity (Wildman–Crippen MR) is 57.8 cm³/mol. The van der Waals surface area contributed by atoms with Crippen LogP contribution in [0.2, 0.25) is 0 Å². The van der Waals surface area contributed by atoms with Gasteiger partial charge in [0, 0.05) is 12.3 Å². The summed E-state index contributed by atoms with van der Waals surface area (Å²) in [7, 11) is 0. The van der Waals surface area contributed by atoms with Gasteiger partial charge >= 0.3 is 5.69 Å². The fourth-order valence-electron chi connectivity index (χ4n) is 1.97. The van der Waals surface area contributed by atoms with Gasteiger partial charge in [-0.1, -0.05) is 0 Å². The van der Waals surface area contributed by atoms with Gasteiger partial charge < -0.3 is 14.9 Å². The molecule has 2 rings (SSSR count). The summed E-state index contributed by atoms with van der Waals surface area (Å²) in [5, 5.41) is 18.6. The molecule has 4 atom stereocenters. The number of rotatable bonds is 2. The van der Waals surface area contributed by atoms with Gasteiger partial charge in [0.1, 0.15) is 12.2 Å². The average Bonchev–Trinajstić information content (AvgIpc) is 2.52. The number of aromatic amines is 1. The molecule has 0 saturated carbocycles. The first-order chi connectivity index (χ1) is 8.37. The monoisotopic (exact) mass is 260 g/mol. The molecule has 1 aromatic rings. The Hall–Kier alpha value is -1.51. The van der Waals surface area contributed by atoms with Gasteiger partial charge in [-0.3, -0.25) is 14.3 Å². The second kappa shape index (κ2) is 4.30. The van der Waals surface area contributed by atoms with Crippen molar-refractivity contribution in [3.63, 3.8) is 0 Å². The minimum absolute atomic E-state index is 0.574. The normalized spacial score (nSPS) is 35.9. The molecule has 0 aromatic carbocycles. The van der Waals surface area contributed by atoms with E-state index in [0.29, 0.717) is 0 Å². The number of H-pyrrole nitrogens is 1. The third-order valence-electron chi connectivity index (χ3n) is 3.00. The van der Waals surface area contributed by atoms with Crippen LogP contribution in [0.4, 0.5) is 4.39 Å². The van der Waals surface area contributed by atoms with Crippen LogP contribution in [0.3, 0.4) is 0 Å². The van der Waals surface area contributed by atoms with Crippen molar-refractivity contribution in [2.45, 2.75) is 31.0 Å². The molecule has 1 aliphatic heterocycles. The Balaban J connectivity index is 2.45. The van der Waals surface area contributed by atoms with E-state index in [9.17, 15) is 19.1 Å². The van der Waals surface area contributed by atoms with Crippen molar-refractivity contribution in [3.8, 4) is 0 Å². The summed E-state index contributed by atoms with van der Waals surface area (Å²) >= 11 is 0. The number of alkyl halides is 1. The summed E-state index contributed by atoms with van der Waals surface area (Å²) < 4.78 is 20.3. The van der Waals surface area contributed by atoms with Crippen LogP contribution in [0.5, 0.6) is 0 Å². The number of halogens is 1. The summed E-state index contributed by atoms with van der Waals surface area (Å²) in [5.41, 5.74) is -3.72. The second-order valence-electron chi connectivity index (χ2n) is 4.32. The molecule has 0 amide bonds. The molecule has 1 aliphatic rings. The Morgan fingerprint density at radius 1 is 1.61 bits per heavy atom. The Kier molecular flexibility index (Phi) is 3.09. The number of hydrogen-bond donors (Lipinski definition) is 3. The maximum absolute atomic E-state index is 14.3. The lowest BCUT2D eigenvalue weighted by molar-refractivity contribution is -0.0611. The molecule has 18 heavy (non-hydrogen) atoms. The van der Waals surface area contributed by atoms with Crippen LogP contribution in [0, 0.1) is 0 Å². The molecule has 0 bridgehead atoms. The second-order valence-corrected chi connectivity index (χ2v) is 4.32. The van der Waals surface area contributed by atoms with Gasteiger partial charge in [-0.15, -0.1) is 0 Å². The fourth-order valence-corrected chi connectivity index (χ4v) is 1.97. The van der Waals surface area contributed by atoms with E-state index in [1.165, 1.54) is 0 Å². The minimum Gasteiger partial charge on any atom is -0.394 e. The van der Waals surface area contributed by atoms with E-state index in [1.54, 1.807) is 0 Å². The van der Waals surface area contributed by atoms with Crippen LogP contribution in [0.15, 0.2) is 21.9 Å². The maximum atomic E-state index is 14.3. The molecule has 1 saturated heterocycles. The first-order valence-electron chi connectivity index (χ1n) is 5.32. The van der Waals surface area contributed by atoms with Gasteiger partial charge in [-0.25, -0.2) is 9.18 Å². The molecule has 7 nitrogen and oxygen atoms in total. The molecule has 1 aromatic heterocycles. The number of aliphatic hydroxyl groups excluding tert-OH is 2. The molecule has 100 valence electrons. The van der Waals surface area contributed by atoms with Crippen LogP contribution in [-0.4, -0.2) is 44.2 Å². The molecule has 0 radical (unpaired) electrons. The topological polar surface area (TPSA) is 105 Å². The highest BCUT2D eigenvalue weighted by atomic mass is 19.1. The molecule has 3 N–H and O–H groups in total. The Labute approximate surface area is 100 Å². The Morgan fingerprint density at radius 2 is 2.28 bits per heavy atom. The maximum Gasteiger partial charge on any atom is 0.330 e. The molecule has 2 heterocycles. The first-order valence-corrected chi connectivity index (χ1v) is 5.32. The zero-order valence-electron chi connectivity index (χ0n) is 9.54. The highest BCUT2D eigenvalue weighted by molar-refractivity contribution is 5.01. The van der Waals surface area contributed by atoms with Crippen molar-refractivity contribution < 1.29 is 19.3 Å². The summed E-state index contributed by atoms with van der Waals surface area (Å²) in [6, 6.07) is 1.04. The zero-order valence-corrected chi connectivity index (χ0v) is 9.54. The van der Waals surface area contributed by atoms with Crippen LogP contribution in [0.1, 0.15) is 13.2 Å². The molecular formula is C10H13FN2O5. The molecule has 1 fully saturated rings. The third kappa shape index (κ3) is 1.88. The van der Waals surface area contributed by atoms with Crippen molar-refractivity contribution in [1.82, 2.24) is 9.55 Å². The Morgan fingerprint density at radius 3 is 2.78 bits per heavy atom. The van der Waals surface area contributed by atoms with Crippen molar-refractivity contribution in [1.29, 1.82) is 0 Å². The fraction of sp³-hybridized carbons (Fsp3) is 0.600. The predicted octanol–water partition coefficient (Wildman–Crippen LogP) is -1.48. The first kappa shape index (κ1) is 12.9. The summed E-state index contributed by atoms with van der Waals surface area (Å²) in [4.78, 5) is 24.4. The van der Waals surface area contributed by atoms with Gasteiger partial charge in [0.25, 0.3) is 5.56 Å². The number of hydrogen-bond acceptors (Lipinski definition) is 5. The zero-order chi connectivity index (χ0) is 13.5. The number of aliphatic hydroxyl groups is 2. The third-order valence-corrected chi connectivity index (χ3v) is 3.00. The van der Waals surface area contributed by atoms with Crippen molar-refractivity contribution in [2.75, 3.05) is 6.61 Å². The lowest BCUT2D eigenvalue weighted by atomic mass is 9.98. The van der Waals surface area contributed by atoms with E-state index >= 15 is 0 Å². The van der Waals surface area contributed by atoms with Crippen molar-refractivity contribution in [2.24, 2.45) is 0 Å². The summed E-state index contributed by atoms with van der Waals surface area (Å²) in [6.07, 6.45) is -3.01. The van der Waals surface area contributed by atoms with Gasteiger partial charge in [0.05, 0.1) is 6.61 Å². The number of nitrogens with one attached hydrogen (secondary N) is 1. The standard InChI is InChI=1S/C10H13FN2O5/c1-10(11)7(16)5(4-14)18-8(10)13-3-2-6(15)12-9(13)17/h2-3,5,7-8,14,16H,4H2,1H3,(H,12,15,17)/t5?,7?,8?,10-/m1/s1. The van der Waals surface area contributed by atoms with Crippen LogP contribution in [0.25, 0.3) is 0 Å². The smallest absolute Gasteiger partial charge is 0.330 e. The lowest BCUT2D eigenvalue weighted by Gasteiger charge is -2.24. The summed E-state index contributed by atoms with van der Waals surface area (Å²) in [6.45, 7) is 0.491. The number of nitrogens with zero attached hydrogens (tertiary/aromatic N) is 1. The van der Waals surface area contributed by atoms with Gasteiger partial charge in [-0.05, 0) is 6.92 Å². The largest absolute Gasteiger partial charge is 0.394 e. The molecule has 3 unspecified atom stereocenters. The highest BCUT2D eigenvalue weighted by Crippen LogP contribution is 2.40. The highest BCUT2D eigenvalue weighted by Gasteiger charge is 2.54. The van der Waals surface area contributed by atoms with E-state index in [4.69, 9.17) is 9.84 Å². The number of ether oxygens (including phenoxy) is 1. The van der Waals surface area contributed by atoms with Crippen molar-refractivity contribution >= 4 is 0 Å². The SMILES string of the molecule is C[C@@]1(F)C(O)C(CO)OC1n1ccc(=O)[nH]c1=O.